The Morgan fingerprint density at radius 1 is 0.919 bits per heavy atom. The Morgan fingerprint density at radius 2 is 1.59 bits per heavy atom. The SMILES string of the molecule is C=C(C)C(=O)OCCCCCCCCCCCOc1ccc2cc(-c3cccc(OC)c3)c(=O)oc2n1. The number of esters is 1. The second kappa shape index (κ2) is 14.8. The van der Waals surface area contributed by atoms with Crippen LogP contribution in [0.4, 0.5) is 0 Å². The molecule has 0 bridgehead atoms. The zero-order valence-corrected chi connectivity index (χ0v) is 21.9. The van der Waals surface area contributed by atoms with Crippen LogP contribution in [0.3, 0.4) is 0 Å². The Morgan fingerprint density at radius 3 is 2.27 bits per heavy atom. The molecule has 37 heavy (non-hydrogen) atoms. The first-order valence-electron chi connectivity index (χ1n) is 13.0. The first-order valence-corrected chi connectivity index (χ1v) is 13.0. The maximum absolute atomic E-state index is 12.6. The van der Waals surface area contributed by atoms with Crippen LogP contribution in [-0.2, 0) is 9.53 Å². The number of fused-ring (bicyclic) bond motifs is 1. The molecule has 7 heteroatoms. The molecule has 0 unspecified atom stereocenters. The fourth-order valence-electron chi connectivity index (χ4n) is 3.96. The second-order valence-corrected chi connectivity index (χ2v) is 9.17. The molecule has 0 saturated heterocycles. The van der Waals surface area contributed by atoms with Gasteiger partial charge in [-0.3, -0.25) is 0 Å². The lowest BCUT2D eigenvalue weighted by Crippen LogP contribution is -2.05. The molecule has 2 heterocycles. The number of ether oxygens (including phenoxy) is 3. The van der Waals surface area contributed by atoms with Crippen LogP contribution < -0.4 is 15.1 Å². The van der Waals surface area contributed by atoms with Crippen molar-refractivity contribution in [1.82, 2.24) is 4.98 Å². The third-order valence-electron chi connectivity index (χ3n) is 6.07. The van der Waals surface area contributed by atoms with E-state index in [0.717, 1.165) is 36.6 Å². The minimum Gasteiger partial charge on any atom is -0.497 e. The van der Waals surface area contributed by atoms with Gasteiger partial charge in [0.1, 0.15) is 5.75 Å². The smallest absolute Gasteiger partial charge is 0.345 e. The van der Waals surface area contributed by atoms with Crippen LogP contribution in [0.2, 0.25) is 0 Å². The highest BCUT2D eigenvalue weighted by molar-refractivity contribution is 5.86. The molecule has 0 spiro atoms. The topological polar surface area (TPSA) is 87.9 Å². The molecule has 0 atom stereocenters. The van der Waals surface area contributed by atoms with Crippen molar-refractivity contribution in [1.29, 1.82) is 0 Å². The predicted octanol–water partition coefficient (Wildman–Crippen LogP) is 6.87. The molecule has 0 N–H and O–H groups in total. The molecule has 0 aliphatic heterocycles. The average molecular weight is 508 g/mol. The van der Waals surface area contributed by atoms with Gasteiger partial charge in [0, 0.05) is 17.0 Å². The normalized spacial score (nSPS) is 10.9. The number of benzene rings is 1. The van der Waals surface area contributed by atoms with Crippen molar-refractivity contribution in [2.75, 3.05) is 20.3 Å². The lowest BCUT2D eigenvalue weighted by molar-refractivity contribution is -0.139. The molecule has 1 aromatic carbocycles. The summed E-state index contributed by atoms with van der Waals surface area (Å²) in [5.74, 6) is 0.833. The lowest BCUT2D eigenvalue weighted by atomic mass is 10.1. The molecule has 0 radical (unpaired) electrons. The molecule has 7 nitrogen and oxygen atoms in total. The summed E-state index contributed by atoms with van der Waals surface area (Å²) in [6, 6.07) is 12.8. The zero-order chi connectivity index (χ0) is 26.5. The Bertz CT molecular complexity index is 1230. The van der Waals surface area contributed by atoms with Crippen LogP contribution in [0.15, 0.2) is 63.8 Å². The average Bonchev–Trinajstić information content (AvgIpc) is 2.90. The number of carbonyl (C=O) groups is 1. The minimum absolute atomic E-state index is 0.267. The maximum Gasteiger partial charge on any atom is 0.345 e. The molecular formula is C30H37NO6. The van der Waals surface area contributed by atoms with Gasteiger partial charge < -0.3 is 18.6 Å². The summed E-state index contributed by atoms with van der Waals surface area (Å²) in [7, 11) is 1.59. The number of aromatic nitrogens is 1. The zero-order valence-electron chi connectivity index (χ0n) is 21.9. The van der Waals surface area contributed by atoms with E-state index >= 15 is 0 Å². The van der Waals surface area contributed by atoms with Gasteiger partial charge in [-0.05, 0) is 49.6 Å². The summed E-state index contributed by atoms with van der Waals surface area (Å²) < 4.78 is 21.6. The Balaban J connectivity index is 1.31. The molecular weight excluding hydrogens is 470 g/mol. The summed E-state index contributed by atoms with van der Waals surface area (Å²) in [6.45, 7) is 6.29. The molecule has 3 aromatic rings. The third kappa shape index (κ3) is 9.08. The first kappa shape index (κ1) is 28.0. The van der Waals surface area contributed by atoms with Crippen LogP contribution >= 0.6 is 0 Å². The molecule has 0 aliphatic carbocycles. The Labute approximate surface area is 218 Å². The number of hydrogen-bond donors (Lipinski definition) is 0. The van der Waals surface area contributed by atoms with Crippen molar-refractivity contribution in [3.63, 3.8) is 0 Å². The van der Waals surface area contributed by atoms with Crippen molar-refractivity contribution in [3.8, 4) is 22.8 Å². The van der Waals surface area contributed by atoms with Crippen LogP contribution in [0, 0.1) is 0 Å². The van der Waals surface area contributed by atoms with E-state index in [2.05, 4.69) is 11.6 Å². The number of hydrogen-bond acceptors (Lipinski definition) is 7. The van der Waals surface area contributed by atoms with E-state index in [1.54, 1.807) is 32.2 Å². The Hall–Kier alpha value is -3.61. The standard InChI is InChI=1S/C30H37NO6/c1-22(2)29(32)36-19-12-10-8-6-4-5-7-9-11-18-35-27-17-16-24-21-26(30(33)37-28(24)31-27)23-14-13-15-25(20-23)34-3/h13-17,20-21H,1,4-12,18-19H2,2-3H3. The van der Waals surface area contributed by atoms with E-state index in [-0.39, 0.29) is 11.7 Å². The van der Waals surface area contributed by atoms with E-state index in [4.69, 9.17) is 18.6 Å². The van der Waals surface area contributed by atoms with E-state index in [1.165, 1.54) is 32.1 Å². The van der Waals surface area contributed by atoms with Gasteiger partial charge in [-0.1, -0.05) is 63.7 Å². The molecule has 0 amide bonds. The van der Waals surface area contributed by atoms with E-state index in [1.807, 2.05) is 24.3 Å². The van der Waals surface area contributed by atoms with Crippen molar-refractivity contribution < 1.29 is 23.4 Å². The largest absolute Gasteiger partial charge is 0.497 e. The van der Waals surface area contributed by atoms with E-state index in [9.17, 15) is 9.59 Å². The predicted molar refractivity (Wildman–Crippen MR) is 145 cm³/mol. The number of rotatable bonds is 16. The highest BCUT2D eigenvalue weighted by Crippen LogP contribution is 2.25. The number of nitrogens with zero attached hydrogens (tertiary/aromatic N) is 1. The van der Waals surface area contributed by atoms with Gasteiger partial charge in [-0.15, -0.1) is 0 Å². The highest BCUT2D eigenvalue weighted by atomic mass is 16.5. The number of unbranched alkanes of at least 4 members (excludes halogenated alkanes) is 8. The number of methoxy groups -OCH3 is 1. The number of pyridine rings is 1. The van der Waals surface area contributed by atoms with Gasteiger partial charge in [0.05, 0.1) is 25.9 Å². The fourth-order valence-corrected chi connectivity index (χ4v) is 3.96. The third-order valence-corrected chi connectivity index (χ3v) is 6.07. The van der Waals surface area contributed by atoms with Crippen LogP contribution in [0.1, 0.15) is 64.7 Å². The molecule has 0 aliphatic rings. The monoisotopic (exact) mass is 507 g/mol. The van der Waals surface area contributed by atoms with Gasteiger partial charge >= 0.3 is 11.6 Å². The summed E-state index contributed by atoms with van der Waals surface area (Å²) in [5, 5.41) is 0.734. The molecule has 3 rings (SSSR count). The summed E-state index contributed by atoms with van der Waals surface area (Å²) in [6.07, 6.45) is 10.0. The summed E-state index contributed by atoms with van der Waals surface area (Å²) >= 11 is 0. The quantitative estimate of drug-likeness (QED) is 0.119. The van der Waals surface area contributed by atoms with Gasteiger partial charge in [-0.2, -0.15) is 4.98 Å². The van der Waals surface area contributed by atoms with Crippen molar-refractivity contribution in [2.24, 2.45) is 0 Å². The molecule has 198 valence electrons. The fraction of sp³-hybridized carbons (Fsp3) is 0.433. The summed E-state index contributed by atoms with van der Waals surface area (Å²) in [5.41, 5.74) is 1.47. The molecule has 0 saturated carbocycles. The molecule has 0 fully saturated rings. The van der Waals surface area contributed by atoms with Crippen molar-refractivity contribution in [3.05, 3.63) is 65.0 Å². The highest BCUT2D eigenvalue weighted by Gasteiger charge is 2.11. The summed E-state index contributed by atoms with van der Waals surface area (Å²) in [4.78, 5) is 28.2. The van der Waals surface area contributed by atoms with Gasteiger partial charge in [0.15, 0.2) is 0 Å². The molecule has 2 aromatic heterocycles. The first-order chi connectivity index (χ1) is 18.0. The lowest BCUT2D eigenvalue weighted by Gasteiger charge is -2.07. The van der Waals surface area contributed by atoms with Gasteiger partial charge in [-0.25, -0.2) is 9.59 Å². The van der Waals surface area contributed by atoms with Crippen molar-refractivity contribution in [2.45, 2.75) is 64.7 Å². The van der Waals surface area contributed by atoms with Gasteiger partial charge in [0.25, 0.3) is 0 Å². The van der Waals surface area contributed by atoms with Crippen LogP contribution in [0.25, 0.3) is 22.2 Å². The van der Waals surface area contributed by atoms with Gasteiger partial charge in [0.2, 0.25) is 11.6 Å². The minimum atomic E-state index is -0.448. The number of carbonyl (C=O) groups excluding carboxylic acids is 1. The van der Waals surface area contributed by atoms with E-state index in [0.29, 0.717) is 36.0 Å². The van der Waals surface area contributed by atoms with Crippen LogP contribution in [0.5, 0.6) is 11.6 Å². The van der Waals surface area contributed by atoms with Crippen LogP contribution in [-0.4, -0.2) is 31.3 Å². The van der Waals surface area contributed by atoms with E-state index < -0.39 is 5.63 Å². The Kier molecular flexibility index (Phi) is 11.2. The van der Waals surface area contributed by atoms with Crippen molar-refractivity contribution >= 4 is 17.1 Å². The second-order valence-electron chi connectivity index (χ2n) is 9.17. The maximum atomic E-state index is 12.6.